The molecule has 0 amide bonds. The number of piperidine rings is 2. The van der Waals surface area contributed by atoms with Crippen LogP contribution in [0.15, 0.2) is 0 Å². The molecule has 0 aliphatic carbocycles. The molecule has 2 saturated heterocycles. The summed E-state index contributed by atoms with van der Waals surface area (Å²) in [4.78, 5) is 2.42. The summed E-state index contributed by atoms with van der Waals surface area (Å²) in [5, 5.41) is 3.33. The Morgan fingerprint density at radius 2 is 1.47 bits per heavy atom. The summed E-state index contributed by atoms with van der Waals surface area (Å²) in [6.45, 7) is 3.91. The first-order chi connectivity index (χ1) is 7.27. The topological polar surface area (TPSA) is 15.3 Å². The molecule has 0 saturated carbocycles. The van der Waals surface area contributed by atoms with Gasteiger partial charge in [-0.3, -0.25) is 0 Å². The second-order valence-electron chi connectivity index (χ2n) is 4.69. The van der Waals surface area contributed by atoms with E-state index in [-0.39, 0.29) is 30.7 Å². The Kier molecular flexibility index (Phi) is 8.64. The summed E-state index contributed by atoms with van der Waals surface area (Å²) < 4.78 is 24.9. The molecular weight excluding hydrogens is 269 g/mol. The molecule has 2 aliphatic rings. The Labute approximate surface area is 114 Å². The van der Waals surface area contributed by atoms with Crippen LogP contribution >= 0.6 is 24.8 Å². The third kappa shape index (κ3) is 4.86. The predicted molar refractivity (Wildman–Crippen MR) is 70.7 cm³/mol. The largest absolute Gasteiger partial charge is 0.317 e. The van der Waals surface area contributed by atoms with Crippen LogP contribution in [0.1, 0.15) is 25.7 Å². The number of hydrogen-bond donors (Lipinski definition) is 1. The molecule has 0 aromatic heterocycles. The van der Waals surface area contributed by atoms with Crippen LogP contribution in [0.5, 0.6) is 0 Å². The quantitative estimate of drug-likeness (QED) is 0.841. The van der Waals surface area contributed by atoms with Gasteiger partial charge in [0.15, 0.2) is 0 Å². The lowest BCUT2D eigenvalue weighted by Gasteiger charge is -2.39. The van der Waals surface area contributed by atoms with Crippen LogP contribution in [0.4, 0.5) is 8.78 Å². The molecule has 1 N–H and O–H groups in total. The molecule has 17 heavy (non-hydrogen) atoms. The van der Waals surface area contributed by atoms with E-state index >= 15 is 0 Å². The molecule has 2 fully saturated rings. The van der Waals surface area contributed by atoms with Gasteiger partial charge in [0.25, 0.3) is 0 Å². The van der Waals surface area contributed by atoms with Crippen molar-refractivity contribution in [2.45, 2.75) is 38.2 Å². The molecule has 0 radical (unpaired) electrons. The van der Waals surface area contributed by atoms with Crippen LogP contribution in [-0.2, 0) is 0 Å². The highest BCUT2D eigenvalue weighted by Crippen LogP contribution is 2.26. The summed E-state index contributed by atoms with van der Waals surface area (Å²) in [7, 11) is 0. The van der Waals surface area contributed by atoms with Gasteiger partial charge in [0.05, 0.1) is 0 Å². The number of nitrogens with zero attached hydrogens (tertiary/aromatic N) is 1. The molecular formula is C11H22Cl2F2N2. The van der Waals surface area contributed by atoms with Crippen LogP contribution in [0.2, 0.25) is 0 Å². The van der Waals surface area contributed by atoms with E-state index in [9.17, 15) is 8.78 Å². The first-order valence-corrected chi connectivity index (χ1v) is 6.00. The highest BCUT2D eigenvalue weighted by molar-refractivity contribution is 5.85. The van der Waals surface area contributed by atoms with Crippen molar-refractivity contribution in [1.29, 1.82) is 0 Å². The fourth-order valence-corrected chi connectivity index (χ4v) is 2.71. The zero-order valence-corrected chi connectivity index (χ0v) is 11.5. The Morgan fingerprint density at radius 1 is 0.941 bits per heavy atom. The summed E-state index contributed by atoms with van der Waals surface area (Å²) in [6, 6.07) is 0.643. The highest BCUT2D eigenvalue weighted by atomic mass is 35.5. The maximum absolute atomic E-state index is 12.5. The van der Waals surface area contributed by atoms with Crippen LogP contribution < -0.4 is 5.32 Å². The van der Waals surface area contributed by atoms with Crippen molar-refractivity contribution in [2.24, 2.45) is 5.92 Å². The fraction of sp³-hybridized carbons (Fsp3) is 1.00. The third-order valence-electron chi connectivity index (χ3n) is 3.76. The Hall–Kier alpha value is 0.360. The van der Waals surface area contributed by atoms with Crippen LogP contribution in [0.3, 0.4) is 0 Å². The lowest BCUT2D eigenvalue weighted by Crippen LogP contribution is -2.47. The number of rotatable bonds is 2. The molecule has 104 valence electrons. The van der Waals surface area contributed by atoms with Gasteiger partial charge in [-0.05, 0) is 51.9 Å². The average molecular weight is 291 g/mol. The van der Waals surface area contributed by atoms with Crippen LogP contribution in [-0.4, -0.2) is 43.5 Å². The molecule has 2 rings (SSSR count). The zero-order chi connectivity index (χ0) is 10.7. The van der Waals surface area contributed by atoms with E-state index in [1.165, 1.54) is 12.8 Å². The minimum absolute atomic E-state index is 0. The highest BCUT2D eigenvalue weighted by Gasteiger charge is 2.29. The van der Waals surface area contributed by atoms with Gasteiger partial charge in [0, 0.05) is 12.0 Å². The van der Waals surface area contributed by atoms with Crippen molar-refractivity contribution in [2.75, 3.05) is 26.2 Å². The summed E-state index contributed by atoms with van der Waals surface area (Å²) >= 11 is 0. The second kappa shape index (κ2) is 8.46. The van der Waals surface area contributed by atoms with E-state index in [1.807, 2.05) is 0 Å². The van der Waals surface area contributed by atoms with Gasteiger partial charge in [0.1, 0.15) is 0 Å². The molecule has 0 aromatic carbocycles. The maximum atomic E-state index is 12.5. The first kappa shape index (κ1) is 17.4. The van der Waals surface area contributed by atoms with Gasteiger partial charge in [-0.2, -0.15) is 0 Å². The summed E-state index contributed by atoms with van der Waals surface area (Å²) in [5.74, 6) is -0.344. The van der Waals surface area contributed by atoms with Crippen molar-refractivity contribution < 1.29 is 8.78 Å². The number of likely N-dealkylation sites (tertiary alicyclic amines) is 1. The van der Waals surface area contributed by atoms with E-state index in [0.29, 0.717) is 18.9 Å². The molecule has 2 nitrogen and oxygen atoms in total. The molecule has 6 heteroatoms. The number of hydrogen-bond acceptors (Lipinski definition) is 2. The van der Waals surface area contributed by atoms with Gasteiger partial charge in [-0.25, -0.2) is 8.78 Å². The molecule has 0 unspecified atom stereocenters. The first-order valence-electron chi connectivity index (χ1n) is 6.00. The number of alkyl halides is 2. The molecule has 2 aliphatic heterocycles. The monoisotopic (exact) mass is 290 g/mol. The van der Waals surface area contributed by atoms with Gasteiger partial charge in [-0.1, -0.05) is 0 Å². The predicted octanol–water partition coefficient (Wildman–Crippen LogP) is 2.56. The number of halogens is 4. The van der Waals surface area contributed by atoms with Gasteiger partial charge >= 0.3 is 0 Å². The zero-order valence-electron chi connectivity index (χ0n) is 9.91. The van der Waals surface area contributed by atoms with Crippen LogP contribution in [0.25, 0.3) is 0 Å². The van der Waals surface area contributed by atoms with Crippen LogP contribution in [0, 0.1) is 5.92 Å². The minimum Gasteiger partial charge on any atom is -0.317 e. The van der Waals surface area contributed by atoms with Gasteiger partial charge in [0.2, 0.25) is 6.43 Å². The minimum atomic E-state index is -2.11. The van der Waals surface area contributed by atoms with Gasteiger partial charge in [-0.15, -0.1) is 24.8 Å². The SMILES string of the molecule is Cl.Cl.FC(F)C1CCN(C2CCNCC2)CC1. The van der Waals surface area contributed by atoms with Crippen molar-refractivity contribution in [3.8, 4) is 0 Å². The van der Waals surface area contributed by atoms with Crippen molar-refractivity contribution in [1.82, 2.24) is 10.2 Å². The van der Waals surface area contributed by atoms with E-state index < -0.39 is 6.43 Å². The molecule has 0 spiro atoms. The second-order valence-corrected chi connectivity index (χ2v) is 4.69. The molecule has 0 bridgehead atoms. The standard InChI is InChI=1S/C11H20F2N2.2ClH/c12-11(13)9-3-7-15(8-4-9)10-1-5-14-6-2-10;;/h9-11,14H,1-8H2;2*1H. The van der Waals surface area contributed by atoms with Crippen molar-refractivity contribution in [3.63, 3.8) is 0 Å². The Morgan fingerprint density at radius 3 is 1.94 bits per heavy atom. The fourth-order valence-electron chi connectivity index (χ4n) is 2.71. The third-order valence-corrected chi connectivity index (χ3v) is 3.76. The summed E-state index contributed by atoms with van der Waals surface area (Å²) in [5.41, 5.74) is 0. The van der Waals surface area contributed by atoms with Gasteiger partial charge < -0.3 is 10.2 Å². The molecule has 0 aromatic rings. The lowest BCUT2D eigenvalue weighted by molar-refractivity contribution is 0.0204. The maximum Gasteiger partial charge on any atom is 0.241 e. The van der Waals surface area contributed by atoms with E-state index in [2.05, 4.69) is 10.2 Å². The van der Waals surface area contributed by atoms with E-state index in [4.69, 9.17) is 0 Å². The molecule has 2 heterocycles. The van der Waals surface area contributed by atoms with Crippen molar-refractivity contribution in [3.05, 3.63) is 0 Å². The Balaban J connectivity index is 0.00000128. The smallest absolute Gasteiger partial charge is 0.241 e. The Bertz CT molecular complexity index is 194. The van der Waals surface area contributed by atoms with Crippen molar-refractivity contribution >= 4 is 24.8 Å². The normalized spacial score (nSPS) is 24.2. The average Bonchev–Trinajstić information content (AvgIpc) is 2.30. The molecule has 0 atom stereocenters. The number of nitrogens with one attached hydrogen (secondary N) is 1. The lowest BCUT2D eigenvalue weighted by atomic mass is 9.94. The summed E-state index contributed by atoms with van der Waals surface area (Å²) in [6.07, 6.45) is 1.61. The van der Waals surface area contributed by atoms with E-state index in [1.54, 1.807) is 0 Å². The van der Waals surface area contributed by atoms with E-state index in [0.717, 1.165) is 26.2 Å².